The summed E-state index contributed by atoms with van der Waals surface area (Å²) < 4.78 is 13.7. The average Bonchev–Trinajstić information content (AvgIpc) is 2.32. The zero-order valence-corrected chi connectivity index (χ0v) is 11.3. The van der Waals surface area contributed by atoms with Crippen LogP contribution in [0.25, 0.3) is 0 Å². The van der Waals surface area contributed by atoms with Gasteiger partial charge in [-0.15, -0.1) is 0 Å². The lowest BCUT2D eigenvalue weighted by Gasteiger charge is -2.10. The zero-order valence-electron chi connectivity index (χ0n) is 9.74. The Labute approximate surface area is 113 Å². The Balaban J connectivity index is 2.13. The molecule has 0 saturated heterocycles. The second-order valence-electron chi connectivity index (χ2n) is 3.80. The van der Waals surface area contributed by atoms with Crippen LogP contribution >= 0.6 is 15.9 Å². The fourth-order valence-electron chi connectivity index (χ4n) is 1.50. The highest BCUT2D eigenvalue weighted by molar-refractivity contribution is 9.10. The van der Waals surface area contributed by atoms with Crippen molar-refractivity contribution in [3.63, 3.8) is 0 Å². The fraction of sp³-hybridized carbons (Fsp3) is 0.167. The summed E-state index contributed by atoms with van der Waals surface area (Å²) in [4.78, 5) is 8.25. The normalized spacial score (nSPS) is 10.4. The third-order valence-electron chi connectivity index (χ3n) is 2.39. The molecule has 0 unspecified atom stereocenters. The van der Waals surface area contributed by atoms with Crippen LogP contribution in [0.1, 0.15) is 11.5 Å². The van der Waals surface area contributed by atoms with Crippen LogP contribution in [-0.4, -0.2) is 9.97 Å². The molecule has 0 spiro atoms. The highest BCUT2D eigenvalue weighted by Gasteiger charge is 2.06. The first-order valence-corrected chi connectivity index (χ1v) is 6.12. The van der Waals surface area contributed by atoms with Gasteiger partial charge in [-0.2, -0.15) is 0 Å². The second kappa shape index (κ2) is 5.30. The molecule has 0 amide bonds. The van der Waals surface area contributed by atoms with Crippen molar-refractivity contribution >= 4 is 27.3 Å². The minimum atomic E-state index is -0.356. The Bertz CT molecular complexity index is 574. The second-order valence-corrected chi connectivity index (χ2v) is 4.66. The van der Waals surface area contributed by atoms with E-state index < -0.39 is 0 Å². The molecule has 1 heterocycles. The molecule has 3 N–H and O–H groups in total. The molecular weight excluding hydrogens is 299 g/mol. The van der Waals surface area contributed by atoms with Crippen LogP contribution < -0.4 is 11.1 Å². The van der Waals surface area contributed by atoms with Crippen LogP contribution in [0.5, 0.6) is 0 Å². The Morgan fingerprint density at radius 1 is 1.44 bits per heavy atom. The van der Waals surface area contributed by atoms with Crippen LogP contribution in [-0.2, 0) is 6.54 Å². The highest BCUT2D eigenvalue weighted by Crippen LogP contribution is 2.26. The number of hydrogen-bond donors (Lipinski definition) is 2. The van der Waals surface area contributed by atoms with Gasteiger partial charge in [0.15, 0.2) is 0 Å². The lowest BCUT2D eigenvalue weighted by Crippen LogP contribution is -2.05. The van der Waals surface area contributed by atoms with E-state index in [2.05, 4.69) is 31.2 Å². The first-order valence-electron chi connectivity index (χ1n) is 5.33. The third-order valence-corrected chi connectivity index (χ3v) is 2.99. The summed E-state index contributed by atoms with van der Waals surface area (Å²) in [6.07, 6.45) is 1.69. The first-order chi connectivity index (χ1) is 8.56. The van der Waals surface area contributed by atoms with Crippen molar-refractivity contribution in [2.24, 2.45) is 0 Å². The van der Waals surface area contributed by atoms with Crippen molar-refractivity contribution in [3.05, 3.63) is 46.2 Å². The molecule has 0 fully saturated rings. The van der Waals surface area contributed by atoms with Crippen molar-refractivity contribution in [3.8, 4) is 0 Å². The maximum atomic E-state index is 13.4. The molecule has 2 rings (SSSR count). The molecule has 0 radical (unpaired) electrons. The van der Waals surface area contributed by atoms with Crippen LogP contribution in [0.3, 0.4) is 0 Å². The van der Waals surface area contributed by atoms with Gasteiger partial charge in [0.05, 0.1) is 28.1 Å². The molecule has 1 aromatic heterocycles. The highest BCUT2D eigenvalue weighted by atomic mass is 79.9. The van der Waals surface area contributed by atoms with E-state index >= 15 is 0 Å². The third kappa shape index (κ3) is 2.95. The summed E-state index contributed by atoms with van der Waals surface area (Å²) >= 11 is 3.08. The SMILES string of the molecule is Cc1nccc(CNc2cc(F)c(Br)cc2N)n1. The fourth-order valence-corrected chi connectivity index (χ4v) is 1.87. The summed E-state index contributed by atoms with van der Waals surface area (Å²) in [6.45, 7) is 2.28. The molecule has 0 bridgehead atoms. The van der Waals surface area contributed by atoms with Crippen LogP contribution in [0, 0.1) is 12.7 Å². The molecule has 94 valence electrons. The monoisotopic (exact) mass is 310 g/mol. The van der Waals surface area contributed by atoms with E-state index in [1.807, 2.05) is 6.92 Å². The van der Waals surface area contributed by atoms with Gasteiger partial charge in [0.1, 0.15) is 11.6 Å². The Hall–Kier alpha value is -1.69. The molecular formula is C12H12BrFN4. The van der Waals surface area contributed by atoms with Crippen molar-refractivity contribution in [2.75, 3.05) is 11.1 Å². The number of benzene rings is 1. The molecule has 4 nitrogen and oxygen atoms in total. The van der Waals surface area contributed by atoms with Gasteiger partial charge < -0.3 is 11.1 Å². The standard InChI is InChI=1S/C12H12BrFN4/c1-7-16-3-2-8(18-7)6-17-12-5-10(14)9(13)4-11(12)15/h2-5,17H,6,15H2,1H3. The summed E-state index contributed by atoms with van der Waals surface area (Å²) in [5.74, 6) is 0.342. The summed E-state index contributed by atoms with van der Waals surface area (Å²) in [6, 6.07) is 4.68. The zero-order chi connectivity index (χ0) is 13.1. The van der Waals surface area contributed by atoms with E-state index in [0.717, 1.165) is 5.69 Å². The van der Waals surface area contributed by atoms with Gasteiger partial charge in [0, 0.05) is 12.3 Å². The number of halogens is 2. The number of aromatic nitrogens is 2. The first kappa shape index (κ1) is 12.8. The minimum absolute atomic E-state index is 0.350. The number of nitrogens with zero attached hydrogens (tertiary/aromatic N) is 2. The molecule has 18 heavy (non-hydrogen) atoms. The molecule has 2 aromatic rings. The van der Waals surface area contributed by atoms with Gasteiger partial charge in [0.2, 0.25) is 0 Å². The summed E-state index contributed by atoms with van der Waals surface area (Å²) in [5.41, 5.74) is 7.65. The molecule has 1 aromatic carbocycles. The number of anilines is 2. The number of hydrogen-bond acceptors (Lipinski definition) is 4. The van der Waals surface area contributed by atoms with Crippen molar-refractivity contribution in [1.82, 2.24) is 9.97 Å². The molecule has 6 heteroatoms. The quantitative estimate of drug-likeness (QED) is 0.856. The maximum Gasteiger partial charge on any atom is 0.139 e. The van der Waals surface area contributed by atoms with Gasteiger partial charge >= 0.3 is 0 Å². The van der Waals surface area contributed by atoms with E-state index in [9.17, 15) is 4.39 Å². The predicted molar refractivity (Wildman–Crippen MR) is 72.6 cm³/mol. The molecule has 0 saturated carbocycles. The molecule has 0 aliphatic carbocycles. The lowest BCUT2D eigenvalue weighted by molar-refractivity contribution is 0.621. The number of nitrogens with one attached hydrogen (secondary N) is 1. The average molecular weight is 311 g/mol. The Kier molecular flexibility index (Phi) is 3.76. The topological polar surface area (TPSA) is 63.8 Å². The Morgan fingerprint density at radius 3 is 2.94 bits per heavy atom. The van der Waals surface area contributed by atoms with Gasteiger partial charge in [0.25, 0.3) is 0 Å². The molecule has 0 aliphatic heterocycles. The smallest absolute Gasteiger partial charge is 0.139 e. The maximum absolute atomic E-state index is 13.4. The van der Waals surface area contributed by atoms with E-state index in [-0.39, 0.29) is 5.82 Å². The summed E-state index contributed by atoms with van der Waals surface area (Å²) in [7, 11) is 0. The van der Waals surface area contributed by atoms with Crippen LogP contribution in [0.4, 0.5) is 15.8 Å². The van der Waals surface area contributed by atoms with Crippen molar-refractivity contribution in [2.45, 2.75) is 13.5 Å². The molecule has 0 atom stereocenters. The minimum Gasteiger partial charge on any atom is -0.397 e. The van der Waals surface area contributed by atoms with Crippen LogP contribution in [0.15, 0.2) is 28.9 Å². The number of nitrogen functional groups attached to an aromatic ring is 1. The largest absolute Gasteiger partial charge is 0.397 e. The van der Waals surface area contributed by atoms with E-state index in [1.165, 1.54) is 12.1 Å². The van der Waals surface area contributed by atoms with Crippen molar-refractivity contribution in [1.29, 1.82) is 0 Å². The number of aryl methyl sites for hydroxylation is 1. The lowest BCUT2D eigenvalue weighted by atomic mass is 10.2. The van der Waals surface area contributed by atoms with Crippen molar-refractivity contribution < 1.29 is 4.39 Å². The Morgan fingerprint density at radius 2 is 2.22 bits per heavy atom. The van der Waals surface area contributed by atoms with Gasteiger partial charge in [-0.25, -0.2) is 14.4 Å². The predicted octanol–water partition coefficient (Wildman–Crippen LogP) is 2.88. The summed E-state index contributed by atoms with van der Waals surface area (Å²) in [5, 5.41) is 3.05. The van der Waals surface area contributed by atoms with Crippen LogP contribution in [0.2, 0.25) is 0 Å². The number of rotatable bonds is 3. The van der Waals surface area contributed by atoms with Gasteiger partial charge in [-0.3, -0.25) is 0 Å². The van der Waals surface area contributed by atoms with Gasteiger partial charge in [-0.1, -0.05) is 0 Å². The van der Waals surface area contributed by atoms with E-state index in [4.69, 9.17) is 5.73 Å². The van der Waals surface area contributed by atoms with E-state index in [1.54, 1.807) is 12.3 Å². The molecule has 0 aliphatic rings. The van der Waals surface area contributed by atoms with E-state index in [0.29, 0.717) is 28.2 Å². The number of nitrogens with two attached hydrogens (primary N) is 1. The van der Waals surface area contributed by atoms with Gasteiger partial charge in [-0.05, 0) is 35.0 Å².